The summed E-state index contributed by atoms with van der Waals surface area (Å²) in [4.78, 5) is 36.0. The van der Waals surface area contributed by atoms with Gasteiger partial charge in [-0.3, -0.25) is 14.3 Å². The van der Waals surface area contributed by atoms with Crippen molar-refractivity contribution in [1.29, 1.82) is 0 Å². The van der Waals surface area contributed by atoms with Gasteiger partial charge in [-0.25, -0.2) is 14.4 Å². The van der Waals surface area contributed by atoms with Gasteiger partial charge < -0.3 is 25.1 Å². The smallest absolute Gasteiger partial charge is 0.258 e. The second-order valence-corrected chi connectivity index (χ2v) is 9.46. The van der Waals surface area contributed by atoms with Crippen LogP contribution in [0.1, 0.15) is 34.6 Å². The van der Waals surface area contributed by atoms with E-state index in [0.717, 1.165) is 6.20 Å². The number of nitrogens with one attached hydrogen (secondary N) is 2. The number of hydrogen-bond acceptors (Lipinski definition) is 8. The van der Waals surface area contributed by atoms with E-state index < -0.39 is 29.7 Å². The summed E-state index contributed by atoms with van der Waals surface area (Å²) in [5.74, 6) is -0.414. The highest BCUT2D eigenvalue weighted by Crippen LogP contribution is 2.31. The number of aliphatic hydroxyl groups excluding tert-OH is 1. The lowest BCUT2D eigenvalue weighted by Gasteiger charge is -2.32. The summed E-state index contributed by atoms with van der Waals surface area (Å²) in [5.41, 5.74) is 0.756. The van der Waals surface area contributed by atoms with Crippen LogP contribution in [-0.2, 0) is 18.3 Å². The van der Waals surface area contributed by atoms with Crippen molar-refractivity contribution in [3.05, 3.63) is 76.5 Å². The fraction of sp³-hybridized carbons (Fsp3) is 0.269. The highest BCUT2D eigenvalue weighted by Gasteiger charge is 2.35. The van der Waals surface area contributed by atoms with Gasteiger partial charge in [-0.1, -0.05) is 23.7 Å². The molecule has 4 heterocycles. The third kappa shape index (κ3) is 5.33. The van der Waals surface area contributed by atoms with Gasteiger partial charge in [0.25, 0.3) is 5.91 Å². The van der Waals surface area contributed by atoms with Crippen molar-refractivity contribution in [3.63, 3.8) is 0 Å². The van der Waals surface area contributed by atoms with Crippen molar-refractivity contribution in [2.75, 3.05) is 18.5 Å². The Labute approximate surface area is 227 Å². The Morgan fingerprint density at radius 3 is 2.85 bits per heavy atom. The van der Waals surface area contributed by atoms with Gasteiger partial charge in [-0.2, -0.15) is 5.10 Å². The van der Waals surface area contributed by atoms with Crippen LogP contribution in [0.2, 0.25) is 5.02 Å². The van der Waals surface area contributed by atoms with Gasteiger partial charge in [0.2, 0.25) is 11.9 Å². The third-order valence-corrected chi connectivity index (χ3v) is 6.75. The number of aromatic nitrogens is 4. The molecular weight excluding hydrogens is 529 g/mol. The fourth-order valence-corrected chi connectivity index (χ4v) is 4.56. The Morgan fingerprint density at radius 1 is 1.31 bits per heavy atom. The summed E-state index contributed by atoms with van der Waals surface area (Å²) >= 11 is 6.04. The van der Waals surface area contributed by atoms with Crippen LogP contribution in [0, 0.1) is 5.82 Å². The van der Waals surface area contributed by atoms with Crippen LogP contribution in [-0.4, -0.2) is 60.8 Å². The SMILES string of the molecule is C[C@H](C(=O)N[C@H](CO)c1cccc(Cl)c1)N1CCc2oc(-c3nc(Nc4ccnn4C)ncc3F)cc2C1=O. The maximum atomic E-state index is 14.7. The number of aliphatic hydroxyl groups is 1. The van der Waals surface area contributed by atoms with Crippen molar-refractivity contribution in [3.8, 4) is 11.5 Å². The van der Waals surface area contributed by atoms with Gasteiger partial charge >= 0.3 is 0 Å². The van der Waals surface area contributed by atoms with Gasteiger partial charge in [0.15, 0.2) is 11.6 Å². The van der Waals surface area contributed by atoms with Crippen LogP contribution in [0.3, 0.4) is 0 Å². The number of anilines is 2. The first kappa shape index (κ1) is 26.3. The number of furan rings is 1. The maximum absolute atomic E-state index is 14.7. The number of benzene rings is 1. The first-order valence-corrected chi connectivity index (χ1v) is 12.5. The van der Waals surface area contributed by atoms with Crippen LogP contribution < -0.4 is 10.6 Å². The Balaban J connectivity index is 1.33. The topological polar surface area (TPSA) is 138 Å². The Morgan fingerprint density at radius 2 is 2.13 bits per heavy atom. The maximum Gasteiger partial charge on any atom is 0.258 e. The summed E-state index contributed by atoms with van der Waals surface area (Å²) in [7, 11) is 1.73. The molecule has 0 aliphatic carbocycles. The molecule has 3 N–H and O–H groups in total. The van der Waals surface area contributed by atoms with Crippen molar-refractivity contribution in [1.82, 2.24) is 30.0 Å². The summed E-state index contributed by atoms with van der Waals surface area (Å²) < 4.78 is 22.1. The monoisotopic (exact) mass is 553 g/mol. The molecule has 0 bridgehead atoms. The second-order valence-electron chi connectivity index (χ2n) is 9.03. The molecular formula is C26H25ClFN7O4. The summed E-state index contributed by atoms with van der Waals surface area (Å²) in [6, 6.07) is 8.41. The summed E-state index contributed by atoms with van der Waals surface area (Å²) in [6.45, 7) is 1.48. The molecule has 0 fully saturated rings. The Hall–Kier alpha value is -4.29. The van der Waals surface area contributed by atoms with E-state index in [0.29, 0.717) is 28.6 Å². The highest BCUT2D eigenvalue weighted by molar-refractivity contribution is 6.30. The van der Waals surface area contributed by atoms with Crippen LogP contribution in [0.25, 0.3) is 11.5 Å². The number of carbonyl (C=O) groups excluding carboxylic acids is 2. The minimum Gasteiger partial charge on any atom is -0.458 e. The molecule has 1 aromatic carbocycles. The van der Waals surface area contributed by atoms with Gasteiger partial charge in [-0.05, 0) is 30.7 Å². The molecule has 4 aromatic rings. The van der Waals surface area contributed by atoms with Crippen molar-refractivity contribution in [2.24, 2.45) is 7.05 Å². The minimum absolute atomic E-state index is 0.0709. The van der Waals surface area contributed by atoms with Crippen molar-refractivity contribution < 1.29 is 23.5 Å². The Kier molecular flexibility index (Phi) is 7.31. The van der Waals surface area contributed by atoms with Crippen LogP contribution in [0.4, 0.5) is 16.2 Å². The molecule has 0 radical (unpaired) electrons. The zero-order chi connectivity index (χ0) is 27.7. The van der Waals surface area contributed by atoms with Crippen LogP contribution in [0.15, 0.2) is 53.2 Å². The molecule has 13 heteroatoms. The van der Waals surface area contributed by atoms with E-state index in [4.69, 9.17) is 16.0 Å². The molecule has 0 saturated heterocycles. The normalized spacial score (nSPS) is 14.6. The zero-order valence-electron chi connectivity index (χ0n) is 21.1. The lowest BCUT2D eigenvalue weighted by Crippen LogP contribution is -2.51. The second kappa shape index (κ2) is 10.8. The molecule has 0 unspecified atom stereocenters. The van der Waals surface area contributed by atoms with Gasteiger partial charge in [0.1, 0.15) is 23.3 Å². The van der Waals surface area contributed by atoms with E-state index in [1.54, 1.807) is 55.2 Å². The number of hydrogen-bond donors (Lipinski definition) is 3. The molecule has 39 heavy (non-hydrogen) atoms. The predicted octanol–water partition coefficient (Wildman–Crippen LogP) is 3.24. The molecule has 11 nitrogen and oxygen atoms in total. The zero-order valence-corrected chi connectivity index (χ0v) is 21.8. The van der Waals surface area contributed by atoms with Crippen molar-refractivity contribution in [2.45, 2.75) is 25.4 Å². The average molecular weight is 554 g/mol. The molecule has 2 amide bonds. The Bertz CT molecular complexity index is 1540. The van der Waals surface area contributed by atoms with Crippen LogP contribution in [0.5, 0.6) is 0 Å². The van der Waals surface area contributed by atoms with E-state index in [2.05, 4.69) is 25.7 Å². The number of amides is 2. The van der Waals surface area contributed by atoms with Crippen molar-refractivity contribution >= 4 is 35.2 Å². The first-order chi connectivity index (χ1) is 18.7. The predicted molar refractivity (Wildman–Crippen MR) is 140 cm³/mol. The fourth-order valence-electron chi connectivity index (χ4n) is 4.36. The van der Waals surface area contributed by atoms with E-state index >= 15 is 0 Å². The first-order valence-electron chi connectivity index (χ1n) is 12.1. The third-order valence-electron chi connectivity index (χ3n) is 6.52. The molecule has 2 atom stereocenters. The molecule has 5 rings (SSSR count). The molecule has 3 aromatic heterocycles. The van der Waals surface area contributed by atoms with E-state index in [-0.39, 0.29) is 36.1 Å². The highest BCUT2D eigenvalue weighted by atomic mass is 35.5. The molecule has 202 valence electrons. The molecule has 1 aliphatic heterocycles. The average Bonchev–Trinajstić information content (AvgIpc) is 3.54. The quantitative estimate of drug-likeness (QED) is 0.302. The van der Waals surface area contributed by atoms with Crippen LogP contribution >= 0.6 is 11.6 Å². The van der Waals surface area contributed by atoms with E-state index in [1.807, 2.05) is 0 Å². The number of nitrogens with zero attached hydrogens (tertiary/aromatic N) is 5. The number of halogens is 2. The summed E-state index contributed by atoms with van der Waals surface area (Å²) in [5, 5.41) is 20.1. The number of rotatable bonds is 8. The number of fused-ring (bicyclic) bond motifs is 1. The van der Waals surface area contributed by atoms with Gasteiger partial charge in [0, 0.05) is 31.1 Å². The van der Waals surface area contributed by atoms with Gasteiger partial charge in [-0.15, -0.1) is 0 Å². The van der Waals surface area contributed by atoms with Gasteiger partial charge in [0.05, 0.1) is 30.6 Å². The summed E-state index contributed by atoms with van der Waals surface area (Å²) in [6.07, 6.45) is 2.93. The van der Waals surface area contributed by atoms with E-state index in [1.165, 1.54) is 11.0 Å². The molecule has 1 aliphatic rings. The molecule has 0 saturated carbocycles. The standard InChI is InChI=1S/C26H25ClFN7O4/c1-14(24(37)31-19(13-36)15-4-3-5-16(27)10-15)35-9-7-20-17(25(35)38)11-21(39-20)23-18(28)12-29-26(33-23)32-22-6-8-30-34(22)2/h3-6,8,10-12,14,19,36H,7,9,13H2,1-2H3,(H,31,37)(H,29,32,33)/t14-,19-/m1/s1. The van der Waals surface area contributed by atoms with E-state index in [9.17, 15) is 19.1 Å². The number of carbonyl (C=O) groups is 2. The largest absolute Gasteiger partial charge is 0.458 e. The lowest BCUT2D eigenvalue weighted by molar-refractivity contribution is -0.126. The minimum atomic E-state index is -0.845. The number of aryl methyl sites for hydroxylation is 1. The lowest BCUT2D eigenvalue weighted by atomic mass is 10.0. The molecule has 0 spiro atoms.